The Morgan fingerprint density at radius 1 is 1.17 bits per heavy atom. The number of ether oxygens (including phenoxy) is 1. The van der Waals surface area contributed by atoms with Gasteiger partial charge < -0.3 is 14.6 Å². The highest BCUT2D eigenvalue weighted by Crippen LogP contribution is 2.34. The Bertz CT molecular complexity index is 1060. The van der Waals surface area contributed by atoms with E-state index in [4.69, 9.17) is 4.74 Å². The molecule has 3 aromatic rings. The van der Waals surface area contributed by atoms with Gasteiger partial charge in [-0.1, -0.05) is 0 Å². The van der Waals surface area contributed by atoms with Crippen LogP contribution in [-0.4, -0.2) is 45.8 Å². The second kappa shape index (κ2) is 7.85. The van der Waals surface area contributed by atoms with Crippen molar-refractivity contribution >= 4 is 22.9 Å². The van der Waals surface area contributed by atoms with Gasteiger partial charge in [0.15, 0.2) is 0 Å². The maximum atomic E-state index is 12.8. The van der Waals surface area contributed by atoms with E-state index in [0.717, 1.165) is 44.2 Å². The zero-order chi connectivity index (χ0) is 20.7. The van der Waals surface area contributed by atoms with Gasteiger partial charge in [-0.05, 0) is 60.0 Å². The van der Waals surface area contributed by atoms with Gasteiger partial charge in [0, 0.05) is 43.2 Å². The Morgan fingerprint density at radius 3 is 2.70 bits per heavy atom. The fourth-order valence-electron chi connectivity index (χ4n) is 4.55. The molecule has 2 aliphatic heterocycles. The van der Waals surface area contributed by atoms with Gasteiger partial charge in [0.2, 0.25) is 5.82 Å². The maximum absolute atomic E-state index is 12.8. The topological polar surface area (TPSA) is 72.3 Å². The standard InChI is InChI=1S/C22H25N5O2S/c1-14-7-8-30-19(14)13-26-10-15-9-20-24-25-21(27(20)12-16(15)11-26)22(28)23-17-3-5-18(29-2)6-4-17/h3-8,15-16H,9-13H2,1-2H3,(H,23,28). The molecule has 1 N–H and O–H groups in total. The van der Waals surface area contributed by atoms with Crippen molar-refractivity contribution < 1.29 is 9.53 Å². The first kappa shape index (κ1) is 19.3. The van der Waals surface area contributed by atoms with Gasteiger partial charge in [0.1, 0.15) is 11.6 Å². The summed E-state index contributed by atoms with van der Waals surface area (Å²) >= 11 is 1.84. The molecule has 8 heteroatoms. The minimum atomic E-state index is -0.221. The number of amides is 1. The van der Waals surface area contributed by atoms with Gasteiger partial charge in [-0.15, -0.1) is 21.5 Å². The summed E-state index contributed by atoms with van der Waals surface area (Å²) in [6.07, 6.45) is 0.882. The number of hydrogen-bond acceptors (Lipinski definition) is 6. The van der Waals surface area contributed by atoms with Crippen LogP contribution in [0.1, 0.15) is 26.9 Å². The lowest BCUT2D eigenvalue weighted by Gasteiger charge is -2.25. The van der Waals surface area contributed by atoms with Crippen LogP contribution in [0.5, 0.6) is 5.75 Å². The summed E-state index contributed by atoms with van der Waals surface area (Å²) in [5, 5.41) is 13.6. The van der Waals surface area contributed by atoms with Gasteiger partial charge in [0.25, 0.3) is 5.91 Å². The quantitative estimate of drug-likeness (QED) is 0.682. The van der Waals surface area contributed by atoms with Crippen molar-refractivity contribution in [3.05, 3.63) is 57.8 Å². The largest absolute Gasteiger partial charge is 0.497 e. The van der Waals surface area contributed by atoms with Crippen molar-refractivity contribution in [2.75, 3.05) is 25.5 Å². The highest BCUT2D eigenvalue weighted by Gasteiger charge is 2.39. The molecular formula is C22H25N5O2S. The molecule has 5 rings (SSSR count). The molecule has 1 amide bonds. The number of rotatable bonds is 5. The summed E-state index contributed by atoms with van der Waals surface area (Å²) in [4.78, 5) is 16.8. The molecule has 2 unspecified atom stereocenters. The SMILES string of the molecule is COc1ccc(NC(=O)c2nnc3n2CC2CN(Cc4sccc4C)CC2C3)cc1. The third-order valence-electron chi connectivity index (χ3n) is 6.23. The number of nitrogens with zero attached hydrogens (tertiary/aromatic N) is 4. The van der Waals surface area contributed by atoms with E-state index in [2.05, 4.69) is 38.8 Å². The number of hydrogen-bond donors (Lipinski definition) is 1. The van der Waals surface area contributed by atoms with Crippen LogP contribution in [0, 0.1) is 18.8 Å². The molecule has 2 aromatic heterocycles. The van der Waals surface area contributed by atoms with Gasteiger partial charge in [-0.3, -0.25) is 9.69 Å². The van der Waals surface area contributed by atoms with Crippen LogP contribution in [-0.2, 0) is 19.5 Å². The number of carbonyl (C=O) groups excluding carboxylic acids is 1. The third kappa shape index (κ3) is 3.61. The average Bonchev–Trinajstić information content (AvgIpc) is 3.45. The van der Waals surface area contributed by atoms with E-state index in [0.29, 0.717) is 23.3 Å². The van der Waals surface area contributed by atoms with Crippen LogP contribution in [0.3, 0.4) is 0 Å². The van der Waals surface area contributed by atoms with Gasteiger partial charge in [0.05, 0.1) is 7.11 Å². The Morgan fingerprint density at radius 2 is 1.97 bits per heavy atom. The molecule has 2 atom stereocenters. The van der Waals surface area contributed by atoms with Crippen LogP contribution < -0.4 is 10.1 Å². The van der Waals surface area contributed by atoms with Crippen LogP contribution >= 0.6 is 11.3 Å². The summed E-state index contributed by atoms with van der Waals surface area (Å²) in [5.74, 6) is 2.96. The molecule has 1 saturated heterocycles. The van der Waals surface area contributed by atoms with E-state index >= 15 is 0 Å². The third-order valence-corrected chi connectivity index (χ3v) is 7.24. The number of aryl methyl sites for hydroxylation is 1. The molecule has 156 valence electrons. The van der Waals surface area contributed by atoms with E-state index < -0.39 is 0 Å². The van der Waals surface area contributed by atoms with Crippen LogP contribution in [0.15, 0.2) is 35.7 Å². The highest BCUT2D eigenvalue weighted by molar-refractivity contribution is 7.10. The second-order valence-electron chi connectivity index (χ2n) is 8.18. The first-order valence-electron chi connectivity index (χ1n) is 10.2. The van der Waals surface area contributed by atoms with E-state index in [-0.39, 0.29) is 5.91 Å². The molecule has 30 heavy (non-hydrogen) atoms. The number of nitrogens with one attached hydrogen (secondary N) is 1. The number of likely N-dealkylation sites (tertiary alicyclic amines) is 1. The second-order valence-corrected chi connectivity index (χ2v) is 9.18. The Hall–Kier alpha value is -2.71. The molecule has 1 fully saturated rings. The van der Waals surface area contributed by atoms with Crippen LogP contribution in [0.4, 0.5) is 5.69 Å². The summed E-state index contributed by atoms with van der Waals surface area (Å²) < 4.78 is 7.18. The zero-order valence-electron chi connectivity index (χ0n) is 17.2. The van der Waals surface area contributed by atoms with Crippen molar-refractivity contribution in [1.82, 2.24) is 19.7 Å². The zero-order valence-corrected chi connectivity index (χ0v) is 18.0. The normalized spacial score (nSPS) is 20.6. The van der Waals surface area contributed by atoms with E-state index in [1.54, 1.807) is 7.11 Å². The fraction of sp³-hybridized carbons (Fsp3) is 0.409. The number of thiophene rings is 1. The lowest BCUT2D eigenvalue weighted by atomic mass is 9.89. The van der Waals surface area contributed by atoms with Crippen molar-refractivity contribution in [3.8, 4) is 5.75 Å². The van der Waals surface area contributed by atoms with Crippen molar-refractivity contribution in [2.45, 2.75) is 26.4 Å². The number of carbonyl (C=O) groups is 1. The maximum Gasteiger partial charge on any atom is 0.293 e. The molecule has 0 bridgehead atoms. The number of methoxy groups -OCH3 is 1. The molecule has 0 saturated carbocycles. The predicted molar refractivity (Wildman–Crippen MR) is 116 cm³/mol. The van der Waals surface area contributed by atoms with Crippen molar-refractivity contribution in [3.63, 3.8) is 0 Å². The predicted octanol–water partition coefficient (Wildman–Crippen LogP) is 3.21. The number of benzene rings is 1. The number of anilines is 1. The van der Waals surface area contributed by atoms with Gasteiger partial charge in [-0.25, -0.2) is 0 Å². The monoisotopic (exact) mass is 423 g/mol. The van der Waals surface area contributed by atoms with E-state index in [1.807, 2.05) is 40.2 Å². The summed E-state index contributed by atoms with van der Waals surface area (Å²) in [5.41, 5.74) is 2.09. The summed E-state index contributed by atoms with van der Waals surface area (Å²) in [6.45, 7) is 6.14. The van der Waals surface area contributed by atoms with Crippen LogP contribution in [0.25, 0.3) is 0 Å². The molecule has 0 radical (unpaired) electrons. The Balaban J connectivity index is 1.27. The molecule has 7 nitrogen and oxygen atoms in total. The van der Waals surface area contributed by atoms with Crippen molar-refractivity contribution in [2.24, 2.45) is 11.8 Å². The molecule has 2 aliphatic rings. The molecular weight excluding hydrogens is 398 g/mol. The number of fused-ring (bicyclic) bond motifs is 2. The van der Waals surface area contributed by atoms with Gasteiger partial charge in [-0.2, -0.15) is 0 Å². The van der Waals surface area contributed by atoms with E-state index in [1.165, 1.54) is 10.4 Å². The lowest BCUT2D eigenvalue weighted by molar-refractivity contribution is 0.100. The lowest BCUT2D eigenvalue weighted by Crippen LogP contribution is -2.31. The van der Waals surface area contributed by atoms with Crippen molar-refractivity contribution in [1.29, 1.82) is 0 Å². The minimum Gasteiger partial charge on any atom is -0.497 e. The minimum absolute atomic E-state index is 0.221. The smallest absolute Gasteiger partial charge is 0.293 e. The Kier molecular flexibility index (Phi) is 5.04. The molecule has 1 aromatic carbocycles. The first-order chi connectivity index (χ1) is 14.6. The van der Waals surface area contributed by atoms with Gasteiger partial charge >= 0.3 is 0 Å². The molecule has 0 aliphatic carbocycles. The summed E-state index contributed by atoms with van der Waals surface area (Å²) in [6, 6.07) is 9.48. The first-order valence-corrected chi connectivity index (χ1v) is 11.1. The van der Waals surface area contributed by atoms with E-state index in [9.17, 15) is 4.79 Å². The highest BCUT2D eigenvalue weighted by atomic mass is 32.1. The van der Waals surface area contributed by atoms with Crippen LogP contribution in [0.2, 0.25) is 0 Å². The molecule has 0 spiro atoms. The summed E-state index contributed by atoms with van der Waals surface area (Å²) in [7, 11) is 1.62. The average molecular weight is 424 g/mol. The number of aromatic nitrogens is 3. The fourth-order valence-corrected chi connectivity index (χ4v) is 5.50. The molecule has 4 heterocycles. The Labute approximate surface area is 179 Å².